The van der Waals surface area contributed by atoms with Crippen LogP contribution in [0.4, 0.5) is 0 Å². The number of nitrogens with zero attached hydrogens (tertiary/aromatic N) is 1. The second-order valence-corrected chi connectivity index (χ2v) is 5.77. The Morgan fingerprint density at radius 2 is 2.25 bits per heavy atom. The normalized spacial score (nSPS) is 18.9. The fraction of sp³-hybridized carbons (Fsp3) is 0.429. The van der Waals surface area contributed by atoms with Crippen molar-refractivity contribution in [3.05, 3.63) is 34.3 Å². The molecule has 0 spiro atoms. The number of amides is 1. The molecule has 1 saturated heterocycles. The number of benzene rings is 1. The third kappa shape index (κ3) is 4.05. The van der Waals surface area contributed by atoms with Crippen LogP contribution in [0, 0.1) is 0 Å². The summed E-state index contributed by atoms with van der Waals surface area (Å²) in [4.78, 5) is 24.2. The van der Waals surface area contributed by atoms with Gasteiger partial charge >= 0.3 is 5.97 Å². The maximum Gasteiger partial charge on any atom is 0.322 e. The van der Waals surface area contributed by atoms with Crippen LogP contribution in [-0.4, -0.2) is 41.5 Å². The van der Waals surface area contributed by atoms with Crippen LogP contribution in [-0.2, 0) is 9.59 Å². The predicted molar refractivity (Wildman–Crippen MR) is 78.3 cm³/mol. The van der Waals surface area contributed by atoms with Crippen molar-refractivity contribution in [3.8, 4) is 0 Å². The quantitative estimate of drug-likeness (QED) is 0.857. The van der Waals surface area contributed by atoms with Crippen LogP contribution in [0.1, 0.15) is 24.4 Å². The number of carboxylic acid groups (broad SMARTS) is 1. The van der Waals surface area contributed by atoms with Crippen molar-refractivity contribution in [2.45, 2.75) is 18.9 Å². The molecule has 1 aliphatic rings. The molecule has 0 aliphatic carbocycles. The van der Waals surface area contributed by atoms with Gasteiger partial charge in [0.15, 0.2) is 0 Å². The van der Waals surface area contributed by atoms with E-state index in [0.29, 0.717) is 0 Å². The molecule has 1 amide bonds. The highest BCUT2D eigenvalue weighted by Crippen LogP contribution is 2.32. The van der Waals surface area contributed by atoms with E-state index in [1.807, 2.05) is 12.1 Å². The zero-order chi connectivity index (χ0) is 14.5. The number of halogens is 1. The molecule has 1 heterocycles. The Morgan fingerprint density at radius 3 is 2.95 bits per heavy atom. The molecule has 1 aromatic carbocycles. The van der Waals surface area contributed by atoms with Gasteiger partial charge in [-0.2, -0.15) is 0 Å². The largest absolute Gasteiger partial charge is 0.480 e. The molecule has 0 bridgehead atoms. The van der Waals surface area contributed by atoms with E-state index >= 15 is 0 Å². The van der Waals surface area contributed by atoms with Gasteiger partial charge in [0.1, 0.15) is 6.54 Å². The Morgan fingerprint density at radius 1 is 1.45 bits per heavy atom. The van der Waals surface area contributed by atoms with Crippen molar-refractivity contribution >= 4 is 27.8 Å². The van der Waals surface area contributed by atoms with Crippen LogP contribution >= 0.6 is 15.9 Å². The number of rotatable bonds is 5. The highest BCUT2D eigenvalue weighted by molar-refractivity contribution is 9.10. The molecule has 2 rings (SSSR count). The Labute approximate surface area is 126 Å². The lowest BCUT2D eigenvalue weighted by molar-refractivity contribution is -0.138. The van der Waals surface area contributed by atoms with Crippen molar-refractivity contribution in [2.75, 3.05) is 19.6 Å². The summed E-state index contributed by atoms with van der Waals surface area (Å²) in [5.74, 6) is -1.27. The number of hydrogen-bond donors (Lipinski definition) is 2. The average molecular weight is 341 g/mol. The van der Waals surface area contributed by atoms with Crippen LogP contribution in [0.25, 0.3) is 0 Å². The van der Waals surface area contributed by atoms with Gasteiger partial charge in [0, 0.05) is 10.5 Å². The first kappa shape index (κ1) is 15.0. The SMILES string of the molecule is O=C(O)CNC(=O)CN1CCCC1c1cccc(Br)c1. The lowest BCUT2D eigenvalue weighted by Crippen LogP contribution is -2.39. The van der Waals surface area contributed by atoms with E-state index in [1.54, 1.807) is 0 Å². The van der Waals surface area contributed by atoms with E-state index in [2.05, 4.69) is 38.3 Å². The van der Waals surface area contributed by atoms with E-state index < -0.39 is 5.97 Å². The lowest BCUT2D eigenvalue weighted by Gasteiger charge is -2.24. The summed E-state index contributed by atoms with van der Waals surface area (Å²) in [5, 5.41) is 11.0. The Hall–Kier alpha value is -1.40. The van der Waals surface area contributed by atoms with Gasteiger partial charge in [-0.3, -0.25) is 14.5 Å². The Kier molecular flexibility index (Phi) is 5.14. The Bertz CT molecular complexity index is 507. The lowest BCUT2D eigenvalue weighted by atomic mass is 10.0. The van der Waals surface area contributed by atoms with Crippen molar-refractivity contribution in [2.24, 2.45) is 0 Å². The maximum atomic E-state index is 11.7. The average Bonchev–Trinajstić information content (AvgIpc) is 2.84. The number of likely N-dealkylation sites (tertiary alicyclic amines) is 1. The van der Waals surface area contributed by atoms with Crippen molar-refractivity contribution in [1.29, 1.82) is 0 Å². The molecule has 1 unspecified atom stereocenters. The van der Waals surface area contributed by atoms with Crippen molar-refractivity contribution in [3.63, 3.8) is 0 Å². The fourth-order valence-electron chi connectivity index (χ4n) is 2.52. The molecule has 1 aromatic rings. The van der Waals surface area contributed by atoms with E-state index in [9.17, 15) is 9.59 Å². The van der Waals surface area contributed by atoms with Gasteiger partial charge in [0.25, 0.3) is 0 Å². The summed E-state index contributed by atoms with van der Waals surface area (Å²) in [6.45, 7) is 0.774. The minimum atomic E-state index is -1.02. The summed E-state index contributed by atoms with van der Waals surface area (Å²) >= 11 is 3.46. The van der Waals surface area contributed by atoms with E-state index in [0.717, 1.165) is 23.9 Å². The first-order chi connectivity index (χ1) is 9.56. The van der Waals surface area contributed by atoms with E-state index in [1.165, 1.54) is 5.56 Å². The minimum Gasteiger partial charge on any atom is -0.480 e. The van der Waals surface area contributed by atoms with E-state index in [-0.39, 0.29) is 25.0 Å². The van der Waals surface area contributed by atoms with Gasteiger partial charge in [0.05, 0.1) is 6.54 Å². The molecule has 2 N–H and O–H groups in total. The van der Waals surface area contributed by atoms with Crippen molar-refractivity contribution < 1.29 is 14.7 Å². The van der Waals surface area contributed by atoms with Gasteiger partial charge in [0.2, 0.25) is 5.91 Å². The van der Waals surface area contributed by atoms with Gasteiger partial charge < -0.3 is 10.4 Å². The van der Waals surface area contributed by atoms with Crippen molar-refractivity contribution in [1.82, 2.24) is 10.2 Å². The summed E-state index contributed by atoms with van der Waals surface area (Å²) in [6.07, 6.45) is 2.06. The number of aliphatic carboxylic acids is 1. The molecule has 108 valence electrons. The van der Waals surface area contributed by atoms with E-state index in [4.69, 9.17) is 5.11 Å². The molecular weight excluding hydrogens is 324 g/mol. The maximum absolute atomic E-state index is 11.7. The molecule has 1 aliphatic heterocycles. The van der Waals surface area contributed by atoms with Crippen LogP contribution < -0.4 is 5.32 Å². The van der Waals surface area contributed by atoms with Gasteiger partial charge in [-0.15, -0.1) is 0 Å². The number of carbonyl (C=O) groups excluding carboxylic acids is 1. The molecular formula is C14H17BrN2O3. The number of carboxylic acids is 1. The Balaban J connectivity index is 1.97. The standard InChI is InChI=1S/C14H17BrN2O3/c15-11-4-1-3-10(7-11)12-5-2-6-17(12)9-13(18)16-8-14(19)20/h1,3-4,7,12H,2,5-6,8-9H2,(H,16,18)(H,19,20). The molecule has 6 heteroatoms. The topological polar surface area (TPSA) is 69.6 Å². The molecule has 0 aromatic heterocycles. The highest BCUT2D eigenvalue weighted by atomic mass is 79.9. The summed E-state index contributed by atoms with van der Waals surface area (Å²) in [5.41, 5.74) is 1.18. The molecule has 1 fully saturated rings. The number of nitrogens with one attached hydrogen (secondary N) is 1. The smallest absolute Gasteiger partial charge is 0.322 e. The minimum absolute atomic E-state index is 0.225. The number of carbonyl (C=O) groups is 2. The molecule has 1 atom stereocenters. The monoisotopic (exact) mass is 340 g/mol. The second-order valence-electron chi connectivity index (χ2n) is 4.85. The van der Waals surface area contributed by atoms with Crippen LogP contribution in [0.5, 0.6) is 0 Å². The third-order valence-electron chi connectivity index (χ3n) is 3.38. The first-order valence-corrected chi connectivity index (χ1v) is 7.33. The summed E-state index contributed by atoms with van der Waals surface area (Å²) in [6, 6.07) is 8.31. The fourth-order valence-corrected chi connectivity index (χ4v) is 2.94. The molecule has 0 radical (unpaired) electrons. The summed E-state index contributed by atoms with van der Waals surface area (Å²) in [7, 11) is 0. The van der Waals surface area contributed by atoms with Crippen LogP contribution in [0.15, 0.2) is 28.7 Å². The van der Waals surface area contributed by atoms with Gasteiger partial charge in [-0.05, 0) is 37.1 Å². The predicted octanol–water partition coefficient (Wildman–Crippen LogP) is 1.79. The first-order valence-electron chi connectivity index (χ1n) is 6.54. The molecule has 20 heavy (non-hydrogen) atoms. The summed E-state index contributed by atoms with van der Waals surface area (Å²) < 4.78 is 1.03. The van der Waals surface area contributed by atoms with Crippen LogP contribution in [0.2, 0.25) is 0 Å². The van der Waals surface area contributed by atoms with Crippen LogP contribution in [0.3, 0.4) is 0 Å². The zero-order valence-electron chi connectivity index (χ0n) is 11.0. The third-order valence-corrected chi connectivity index (χ3v) is 3.87. The van der Waals surface area contributed by atoms with Gasteiger partial charge in [-0.1, -0.05) is 28.1 Å². The second kappa shape index (κ2) is 6.85. The zero-order valence-corrected chi connectivity index (χ0v) is 12.6. The molecule has 5 nitrogen and oxygen atoms in total. The number of hydrogen-bond acceptors (Lipinski definition) is 3. The molecule has 0 saturated carbocycles. The van der Waals surface area contributed by atoms with Gasteiger partial charge in [-0.25, -0.2) is 0 Å². The highest BCUT2D eigenvalue weighted by Gasteiger charge is 2.27.